The molecule has 6 heteroatoms. The molecular formula is C74H130O6. The van der Waals surface area contributed by atoms with Crippen LogP contribution in [0.15, 0.2) is 85.1 Å². The van der Waals surface area contributed by atoms with Crippen LogP contribution in [-0.2, 0) is 28.6 Å². The topological polar surface area (TPSA) is 78.9 Å². The van der Waals surface area contributed by atoms with Crippen LogP contribution in [0.25, 0.3) is 0 Å². The largest absolute Gasteiger partial charge is 0.462 e. The van der Waals surface area contributed by atoms with Gasteiger partial charge in [-0.25, -0.2) is 0 Å². The first kappa shape index (κ1) is 76.6. The highest BCUT2D eigenvalue weighted by atomic mass is 16.6. The van der Waals surface area contributed by atoms with Crippen molar-refractivity contribution in [1.82, 2.24) is 0 Å². The van der Waals surface area contributed by atoms with E-state index >= 15 is 0 Å². The van der Waals surface area contributed by atoms with Crippen molar-refractivity contribution < 1.29 is 28.6 Å². The van der Waals surface area contributed by atoms with Crippen molar-refractivity contribution in [3.63, 3.8) is 0 Å². The van der Waals surface area contributed by atoms with Crippen molar-refractivity contribution in [2.75, 3.05) is 13.2 Å². The second kappa shape index (κ2) is 68.1. The van der Waals surface area contributed by atoms with Crippen molar-refractivity contribution in [1.29, 1.82) is 0 Å². The standard InChI is InChI=1S/C74H130O6/c1-4-7-10-13-16-19-21-23-25-27-29-31-33-34-35-36-37-38-39-40-42-43-45-47-49-51-53-55-58-61-64-67-73(76)79-70-71(69-78-72(75)66-63-60-57-18-15-12-9-6-3)80-74(77)68-65-62-59-56-54-52-50-48-46-44-41-32-30-28-26-24-22-20-17-14-11-8-5-2/h7,10,16,19,22-25,28-31,34-35,71H,4-6,8-9,11-15,17-18,20-21,26-27,32-33,36-70H2,1-3H3/b10-7-,19-16-,24-22-,25-23-,30-28-,31-29-,35-34-. The fourth-order valence-electron chi connectivity index (χ4n) is 9.97. The molecule has 0 bridgehead atoms. The molecule has 0 aromatic carbocycles. The third-order valence-corrected chi connectivity index (χ3v) is 15.1. The molecular weight excluding hydrogens is 985 g/mol. The van der Waals surface area contributed by atoms with E-state index in [2.05, 4.69) is 106 Å². The summed E-state index contributed by atoms with van der Waals surface area (Å²) in [6, 6.07) is 0. The Hall–Kier alpha value is -3.41. The van der Waals surface area contributed by atoms with E-state index in [1.54, 1.807) is 0 Å². The van der Waals surface area contributed by atoms with Crippen LogP contribution in [0.2, 0.25) is 0 Å². The third-order valence-electron chi connectivity index (χ3n) is 15.1. The smallest absolute Gasteiger partial charge is 0.306 e. The minimum atomic E-state index is -0.774. The van der Waals surface area contributed by atoms with E-state index in [0.29, 0.717) is 19.3 Å². The molecule has 0 aliphatic heterocycles. The Kier molecular flexibility index (Phi) is 65.2. The molecule has 0 saturated heterocycles. The Morgan fingerprint density at radius 3 is 0.762 bits per heavy atom. The molecule has 1 atom stereocenters. The van der Waals surface area contributed by atoms with E-state index in [9.17, 15) is 14.4 Å². The number of esters is 3. The molecule has 1 unspecified atom stereocenters. The molecule has 0 aromatic rings. The van der Waals surface area contributed by atoms with E-state index in [1.807, 2.05) is 0 Å². The number of ether oxygens (including phenoxy) is 3. The number of rotatable bonds is 63. The van der Waals surface area contributed by atoms with Crippen molar-refractivity contribution in [3.05, 3.63) is 85.1 Å². The highest BCUT2D eigenvalue weighted by Gasteiger charge is 2.19. The molecule has 0 N–H and O–H groups in total. The number of allylic oxidation sites excluding steroid dienone is 14. The second-order valence-corrected chi connectivity index (χ2v) is 23.1. The average Bonchev–Trinajstić information content (AvgIpc) is 3.46. The van der Waals surface area contributed by atoms with Gasteiger partial charge >= 0.3 is 17.9 Å². The predicted octanol–water partition coefficient (Wildman–Crippen LogP) is 23.8. The maximum absolute atomic E-state index is 12.9. The number of hydrogen-bond acceptors (Lipinski definition) is 6. The van der Waals surface area contributed by atoms with Gasteiger partial charge in [0.1, 0.15) is 13.2 Å². The van der Waals surface area contributed by atoms with Crippen LogP contribution in [0, 0.1) is 0 Å². The highest BCUT2D eigenvalue weighted by Crippen LogP contribution is 2.17. The Balaban J connectivity index is 4.10. The van der Waals surface area contributed by atoms with Crippen molar-refractivity contribution in [3.8, 4) is 0 Å². The van der Waals surface area contributed by atoms with Gasteiger partial charge in [-0.2, -0.15) is 0 Å². The molecule has 0 radical (unpaired) electrons. The minimum absolute atomic E-state index is 0.0728. The van der Waals surface area contributed by atoms with Crippen LogP contribution in [0.5, 0.6) is 0 Å². The normalized spacial score (nSPS) is 12.6. The van der Waals surface area contributed by atoms with Crippen LogP contribution in [0.3, 0.4) is 0 Å². The van der Waals surface area contributed by atoms with Gasteiger partial charge in [0.2, 0.25) is 0 Å². The fourth-order valence-corrected chi connectivity index (χ4v) is 9.97. The lowest BCUT2D eigenvalue weighted by Gasteiger charge is -2.18. The first-order valence-electron chi connectivity index (χ1n) is 34.6. The molecule has 80 heavy (non-hydrogen) atoms. The lowest BCUT2D eigenvalue weighted by atomic mass is 10.0. The second-order valence-electron chi connectivity index (χ2n) is 23.1. The average molecular weight is 1120 g/mol. The number of unbranched alkanes of at least 4 members (excludes halogenated alkanes) is 38. The fraction of sp³-hybridized carbons (Fsp3) is 0.770. The van der Waals surface area contributed by atoms with E-state index in [1.165, 1.54) is 212 Å². The predicted molar refractivity (Wildman–Crippen MR) is 348 cm³/mol. The molecule has 6 nitrogen and oxygen atoms in total. The molecule has 0 fully saturated rings. The number of carbonyl (C=O) groups is 3. The van der Waals surface area contributed by atoms with Crippen LogP contribution in [0.1, 0.15) is 348 Å². The van der Waals surface area contributed by atoms with Crippen molar-refractivity contribution in [2.45, 2.75) is 354 Å². The van der Waals surface area contributed by atoms with Crippen LogP contribution < -0.4 is 0 Å². The maximum Gasteiger partial charge on any atom is 0.306 e. The van der Waals surface area contributed by atoms with Gasteiger partial charge in [0.25, 0.3) is 0 Å². The van der Waals surface area contributed by atoms with Crippen molar-refractivity contribution >= 4 is 17.9 Å². The zero-order valence-electron chi connectivity index (χ0n) is 53.1. The van der Waals surface area contributed by atoms with Gasteiger partial charge in [-0.05, 0) is 96.3 Å². The highest BCUT2D eigenvalue weighted by molar-refractivity contribution is 5.71. The van der Waals surface area contributed by atoms with Crippen molar-refractivity contribution in [2.24, 2.45) is 0 Å². The van der Waals surface area contributed by atoms with E-state index in [-0.39, 0.29) is 31.1 Å². The summed E-state index contributed by atoms with van der Waals surface area (Å²) >= 11 is 0. The summed E-state index contributed by atoms with van der Waals surface area (Å²) in [5.41, 5.74) is 0. The molecule has 0 amide bonds. The van der Waals surface area contributed by atoms with Gasteiger partial charge in [-0.15, -0.1) is 0 Å². The molecule has 0 saturated carbocycles. The monoisotopic (exact) mass is 1110 g/mol. The summed E-state index contributed by atoms with van der Waals surface area (Å²) in [4.78, 5) is 38.2. The Morgan fingerprint density at radius 1 is 0.263 bits per heavy atom. The Bertz CT molecular complexity index is 1520. The summed E-state index contributed by atoms with van der Waals surface area (Å²) in [5.74, 6) is -0.863. The summed E-state index contributed by atoms with van der Waals surface area (Å²) in [6.07, 6.45) is 90.5. The number of carbonyl (C=O) groups excluding carboxylic acids is 3. The Morgan fingerprint density at radius 2 is 0.487 bits per heavy atom. The lowest BCUT2D eigenvalue weighted by Crippen LogP contribution is -2.30. The van der Waals surface area contributed by atoms with Crippen LogP contribution in [0.4, 0.5) is 0 Å². The van der Waals surface area contributed by atoms with E-state index < -0.39 is 6.10 Å². The van der Waals surface area contributed by atoms with Crippen LogP contribution in [-0.4, -0.2) is 37.2 Å². The molecule has 462 valence electrons. The summed E-state index contributed by atoms with van der Waals surface area (Å²) in [5, 5.41) is 0. The lowest BCUT2D eigenvalue weighted by molar-refractivity contribution is -0.167. The van der Waals surface area contributed by atoms with E-state index in [4.69, 9.17) is 14.2 Å². The Labute approximate surface area is 496 Å². The van der Waals surface area contributed by atoms with Gasteiger partial charge in [-0.3, -0.25) is 14.4 Å². The van der Waals surface area contributed by atoms with Crippen LogP contribution >= 0.6 is 0 Å². The number of hydrogen-bond donors (Lipinski definition) is 0. The molecule has 0 aromatic heterocycles. The maximum atomic E-state index is 12.9. The third kappa shape index (κ3) is 65.4. The zero-order valence-corrected chi connectivity index (χ0v) is 53.1. The first-order chi connectivity index (χ1) is 39.5. The van der Waals surface area contributed by atoms with Gasteiger partial charge in [0, 0.05) is 19.3 Å². The minimum Gasteiger partial charge on any atom is -0.462 e. The molecule has 0 aliphatic carbocycles. The van der Waals surface area contributed by atoms with Gasteiger partial charge in [0.05, 0.1) is 0 Å². The van der Waals surface area contributed by atoms with Gasteiger partial charge in [0.15, 0.2) is 6.10 Å². The summed E-state index contributed by atoms with van der Waals surface area (Å²) in [7, 11) is 0. The first-order valence-corrected chi connectivity index (χ1v) is 34.6. The molecule has 0 spiro atoms. The SMILES string of the molecule is CC/C=C\C/C=C\C/C=C\C/C=C\C/C=C\CCCCCCCCCCCCCCCCCC(=O)OCC(COC(=O)CCCCCCCCCC)OC(=O)CCCCCCCCCCCCC/C=C\C/C=C\CCCCCCC. The molecule has 0 heterocycles. The van der Waals surface area contributed by atoms with E-state index in [0.717, 1.165) is 96.3 Å². The summed E-state index contributed by atoms with van der Waals surface area (Å²) in [6.45, 7) is 6.53. The van der Waals surface area contributed by atoms with Gasteiger partial charge < -0.3 is 14.2 Å². The molecule has 0 aliphatic rings. The summed E-state index contributed by atoms with van der Waals surface area (Å²) < 4.78 is 16.9. The van der Waals surface area contributed by atoms with Gasteiger partial charge in [-0.1, -0.05) is 318 Å². The molecule has 0 rings (SSSR count). The zero-order chi connectivity index (χ0) is 57.8. The quantitative estimate of drug-likeness (QED) is 0.0261.